The molecule has 0 amide bonds. The number of benzene rings is 1. The van der Waals surface area contributed by atoms with Crippen LogP contribution in [0.15, 0.2) is 30.6 Å². The Morgan fingerprint density at radius 2 is 2.17 bits per heavy atom. The summed E-state index contributed by atoms with van der Waals surface area (Å²) in [6, 6.07) is 7.12. The molecule has 1 heterocycles. The van der Waals surface area contributed by atoms with Crippen molar-refractivity contribution in [3.63, 3.8) is 0 Å². The smallest absolute Gasteiger partial charge is 0.353 e. The van der Waals surface area contributed by atoms with Gasteiger partial charge in [0.1, 0.15) is 12.1 Å². The molecule has 0 aliphatic rings. The third-order valence-electron chi connectivity index (χ3n) is 3.53. The standard InChI is InChI=1S/C16H21N5O3/c1-4-5-9-20(2)16-14(21(22)23)15(17-11-18-16)19-12-7-6-8-13(10-12)24-3/h6-8,10-11H,4-5,9H2,1-3H3,(H,17,18,19). The van der Waals surface area contributed by atoms with Gasteiger partial charge in [0.2, 0.25) is 11.6 Å². The average Bonchev–Trinajstić information content (AvgIpc) is 2.59. The first kappa shape index (κ1) is 17.5. The highest BCUT2D eigenvalue weighted by Crippen LogP contribution is 2.33. The van der Waals surface area contributed by atoms with Crippen molar-refractivity contribution in [2.45, 2.75) is 19.8 Å². The highest BCUT2D eigenvalue weighted by Gasteiger charge is 2.25. The molecule has 0 fully saturated rings. The van der Waals surface area contributed by atoms with E-state index >= 15 is 0 Å². The largest absolute Gasteiger partial charge is 0.497 e. The highest BCUT2D eigenvalue weighted by atomic mass is 16.6. The molecular weight excluding hydrogens is 310 g/mol. The molecular formula is C16H21N5O3. The fourth-order valence-corrected chi connectivity index (χ4v) is 2.25. The second-order valence-corrected chi connectivity index (χ2v) is 5.28. The van der Waals surface area contributed by atoms with Crippen LogP contribution in [0.5, 0.6) is 5.75 Å². The van der Waals surface area contributed by atoms with Gasteiger partial charge in [0, 0.05) is 25.3 Å². The van der Waals surface area contributed by atoms with Crippen molar-refractivity contribution in [2.75, 3.05) is 30.9 Å². The van der Waals surface area contributed by atoms with Crippen LogP contribution >= 0.6 is 0 Å². The molecule has 1 aromatic carbocycles. The summed E-state index contributed by atoms with van der Waals surface area (Å²) in [4.78, 5) is 21.0. The summed E-state index contributed by atoms with van der Waals surface area (Å²) < 4.78 is 5.16. The number of nitrogens with one attached hydrogen (secondary N) is 1. The van der Waals surface area contributed by atoms with Gasteiger partial charge in [-0.2, -0.15) is 0 Å². The van der Waals surface area contributed by atoms with Gasteiger partial charge in [-0.25, -0.2) is 9.97 Å². The molecule has 0 aliphatic heterocycles. The van der Waals surface area contributed by atoms with Crippen LogP contribution in [0.3, 0.4) is 0 Å². The number of nitro groups is 1. The Labute approximate surface area is 140 Å². The van der Waals surface area contributed by atoms with E-state index in [9.17, 15) is 10.1 Å². The lowest BCUT2D eigenvalue weighted by atomic mass is 10.3. The molecule has 0 saturated carbocycles. The Morgan fingerprint density at radius 1 is 1.38 bits per heavy atom. The molecule has 0 radical (unpaired) electrons. The van der Waals surface area contributed by atoms with Gasteiger partial charge in [0.25, 0.3) is 0 Å². The SMILES string of the molecule is CCCCN(C)c1ncnc(Nc2cccc(OC)c2)c1[N+](=O)[O-]. The van der Waals surface area contributed by atoms with E-state index in [-0.39, 0.29) is 11.5 Å². The fourth-order valence-electron chi connectivity index (χ4n) is 2.25. The Balaban J connectivity index is 2.37. The number of methoxy groups -OCH3 is 1. The van der Waals surface area contributed by atoms with Crippen molar-refractivity contribution in [1.82, 2.24) is 9.97 Å². The number of hydrogen-bond acceptors (Lipinski definition) is 7. The maximum atomic E-state index is 11.6. The molecule has 8 heteroatoms. The Bertz CT molecular complexity index is 708. The Kier molecular flexibility index (Phi) is 5.89. The molecule has 0 spiro atoms. The van der Waals surface area contributed by atoms with E-state index in [0.717, 1.165) is 12.8 Å². The lowest BCUT2D eigenvalue weighted by molar-refractivity contribution is -0.383. The fraction of sp³-hybridized carbons (Fsp3) is 0.375. The summed E-state index contributed by atoms with van der Waals surface area (Å²) in [5, 5.41) is 14.5. The molecule has 0 unspecified atom stereocenters. The first-order chi connectivity index (χ1) is 11.6. The number of anilines is 3. The molecule has 128 valence electrons. The van der Waals surface area contributed by atoms with Crippen molar-refractivity contribution in [3.8, 4) is 5.75 Å². The number of rotatable bonds is 8. The van der Waals surface area contributed by atoms with Gasteiger partial charge < -0.3 is 15.0 Å². The highest BCUT2D eigenvalue weighted by molar-refractivity contribution is 5.74. The van der Waals surface area contributed by atoms with Crippen molar-refractivity contribution in [1.29, 1.82) is 0 Å². The third-order valence-corrected chi connectivity index (χ3v) is 3.53. The summed E-state index contributed by atoms with van der Waals surface area (Å²) in [6.07, 6.45) is 3.25. The lowest BCUT2D eigenvalue weighted by Crippen LogP contribution is -2.21. The lowest BCUT2D eigenvalue weighted by Gasteiger charge is -2.18. The zero-order valence-corrected chi connectivity index (χ0v) is 14.0. The van der Waals surface area contributed by atoms with Gasteiger partial charge >= 0.3 is 5.69 Å². The van der Waals surface area contributed by atoms with Gasteiger partial charge in [0.15, 0.2) is 0 Å². The van der Waals surface area contributed by atoms with E-state index in [4.69, 9.17) is 4.74 Å². The van der Waals surface area contributed by atoms with Gasteiger partial charge in [0.05, 0.1) is 12.0 Å². The maximum absolute atomic E-state index is 11.6. The minimum Gasteiger partial charge on any atom is -0.497 e. The van der Waals surface area contributed by atoms with Crippen molar-refractivity contribution < 1.29 is 9.66 Å². The number of hydrogen-bond donors (Lipinski definition) is 1. The Morgan fingerprint density at radius 3 is 2.83 bits per heavy atom. The van der Waals surface area contributed by atoms with Crippen LogP contribution in [0.25, 0.3) is 0 Å². The van der Waals surface area contributed by atoms with E-state index in [0.29, 0.717) is 23.8 Å². The zero-order chi connectivity index (χ0) is 17.5. The zero-order valence-electron chi connectivity index (χ0n) is 14.0. The molecule has 2 rings (SSSR count). The summed E-state index contributed by atoms with van der Waals surface area (Å²) in [6.45, 7) is 2.75. The summed E-state index contributed by atoms with van der Waals surface area (Å²) >= 11 is 0. The van der Waals surface area contributed by atoms with E-state index in [1.807, 2.05) is 0 Å². The van der Waals surface area contributed by atoms with Gasteiger partial charge in [-0.1, -0.05) is 19.4 Å². The predicted molar refractivity (Wildman–Crippen MR) is 93.1 cm³/mol. The van der Waals surface area contributed by atoms with E-state index in [2.05, 4.69) is 22.2 Å². The molecule has 2 aromatic rings. The van der Waals surface area contributed by atoms with Gasteiger partial charge in [-0.15, -0.1) is 0 Å². The van der Waals surface area contributed by atoms with Crippen LogP contribution in [0, 0.1) is 10.1 Å². The summed E-state index contributed by atoms with van der Waals surface area (Å²) in [7, 11) is 3.35. The molecule has 1 aromatic heterocycles. The number of unbranched alkanes of at least 4 members (excludes halogenated alkanes) is 1. The van der Waals surface area contributed by atoms with Crippen LogP contribution < -0.4 is 15.0 Å². The van der Waals surface area contributed by atoms with E-state index < -0.39 is 4.92 Å². The van der Waals surface area contributed by atoms with Crippen molar-refractivity contribution in [3.05, 3.63) is 40.7 Å². The normalized spacial score (nSPS) is 10.3. The predicted octanol–water partition coefficient (Wildman–Crippen LogP) is 3.37. The van der Waals surface area contributed by atoms with Crippen LogP contribution in [0.4, 0.5) is 23.0 Å². The molecule has 0 atom stereocenters. The Hall–Kier alpha value is -2.90. The van der Waals surface area contributed by atoms with Gasteiger partial charge in [-0.3, -0.25) is 10.1 Å². The average molecular weight is 331 g/mol. The first-order valence-corrected chi connectivity index (χ1v) is 7.68. The topological polar surface area (TPSA) is 93.4 Å². The monoisotopic (exact) mass is 331 g/mol. The second kappa shape index (κ2) is 8.09. The van der Waals surface area contributed by atoms with Crippen LogP contribution in [-0.4, -0.2) is 35.6 Å². The van der Waals surface area contributed by atoms with E-state index in [1.54, 1.807) is 43.3 Å². The molecule has 0 saturated heterocycles. The van der Waals surface area contributed by atoms with Crippen LogP contribution in [0.1, 0.15) is 19.8 Å². The molecule has 8 nitrogen and oxygen atoms in total. The molecule has 0 aliphatic carbocycles. The minimum atomic E-state index is -0.458. The van der Waals surface area contributed by atoms with E-state index in [1.165, 1.54) is 6.33 Å². The quantitative estimate of drug-likeness (QED) is 0.585. The maximum Gasteiger partial charge on any atom is 0.353 e. The number of ether oxygens (including phenoxy) is 1. The number of aromatic nitrogens is 2. The minimum absolute atomic E-state index is 0.140. The summed E-state index contributed by atoms with van der Waals surface area (Å²) in [5.41, 5.74) is 0.511. The molecule has 24 heavy (non-hydrogen) atoms. The third kappa shape index (κ3) is 4.09. The van der Waals surface area contributed by atoms with Crippen molar-refractivity contribution >= 4 is 23.0 Å². The molecule has 1 N–H and O–H groups in total. The summed E-state index contributed by atoms with van der Waals surface area (Å²) in [5.74, 6) is 1.10. The van der Waals surface area contributed by atoms with Gasteiger partial charge in [-0.05, 0) is 18.6 Å². The second-order valence-electron chi connectivity index (χ2n) is 5.28. The van der Waals surface area contributed by atoms with Crippen LogP contribution in [-0.2, 0) is 0 Å². The van der Waals surface area contributed by atoms with Crippen molar-refractivity contribution in [2.24, 2.45) is 0 Å². The first-order valence-electron chi connectivity index (χ1n) is 7.68. The number of nitrogens with zero attached hydrogens (tertiary/aromatic N) is 4. The van der Waals surface area contributed by atoms with Crippen LogP contribution in [0.2, 0.25) is 0 Å². The molecule has 0 bridgehead atoms.